The van der Waals surface area contributed by atoms with Crippen LogP contribution >= 0.6 is 0 Å². The lowest BCUT2D eigenvalue weighted by Gasteiger charge is -2.31. The van der Waals surface area contributed by atoms with Crippen LogP contribution < -0.4 is 9.80 Å². The zero-order valence-corrected chi connectivity index (χ0v) is 16.4. The smallest absolute Gasteiger partial charge is 0.277 e. The van der Waals surface area contributed by atoms with Crippen LogP contribution in [-0.4, -0.2) is 87.1 Å². The van der Waals surface area contributed by atoms with E-state index in [1.165, 1.54) is 35.5 Å². The van der Waals surface area contributed by atoms with Crippen molar-refractivity contribution in [3.63, 3.8) is 0 Å². The third-order valence-corrected chi connectivity index (χ3v) is 6.38. The Morgan fingerprint density at radius 3 is 1.15 bits per heavy atom. The molecule has 3 heterocycles. The van der Waals surface area contributed by atoms with Gasteiger partial charge in [-0.25, -0.2) is 0 Å². The van der Waals surface area contributed by atoms with Crippen molar-refractivity contribution in [2.45, 2.75) is 51.4 Å². The molecule has 0 aliphatic carbocycles. The van der Waals surface area contributed by atoms with Crippen LogP contribution in [0.25, 0.3) is 0 Å². The van der Waals surface area contributed by atoms with E-state index in [0.717, 1.165) is 78.0 Å². The first-order valence-electron chi connectivity index (χ1n) is 10.9. The van der Waals surface area contributed by atoms with E-state index in [1.807, 2.05) is 0 Å². The number of carbonyl (C=O) groups excluding carboxylic acids is 2. The van der Waals surface area contributed by atoms with Crippen molar-refractivity contribution in [3.8, 4) is 0 Å². The molecule has 0 aromatic rings. The van der Waals surface area contributed by atoms with Crippen molar-refractivity contribution in [3.05, 3.63) is 0 Å². The van der Waals surface area contributed by atoms with Gasteiger partial charge in [0.15, 0.2) is 13.1 Å². The summed E-state index contributed by atoms with van der Waals surface area (Å²) in [7, 11) is 0. The molecule has 3 aliphatic heterocycles. The normalized spacial score (nSPS) is 28.3. The van der Waals surface area contributed by atoms with E-state index in [9.17, 15) is 9.59 Å². The minimum absolute atomic E-state index is 0.339. The number of quaternary nitrogens is 2. The first-order chi connectivity index (χ1) is 12.7. The molecule has 148 valence electrons. The predicted octanol–water partition coefficient (Wildman–Crippen LogP) is -1.42. The number of likely N-dealkylation sites (tertiary alicyclic amines) is 2. The Morgan fingerprint density at radius 2 is 0.846 bits per heavy atom. The van der Waals surface area contributed by atoms with Crippen molar-refractivity contribution < 1.29 is 19.4 Å². The first kappa shape index (κ1) is 19.6. The summed E-state index contributed by atoms with van der Waals surface area (Å²) >= 11 is 0. The molecule has 2 amide bonds. The molecule has 0 atom stereocenters. The number of hydrogen-bond donors (Lipinski definition) is 2. The minimum Gasteiger partial charge on any atom is -0.338 e. The highest BCUT2D eigenvalue weighted by atomic mass is 16.2. The van der Waals surface area contributed by atoms with Crippen LogP contribution in [0.1, 0.15) is 51.4 Å². The zero-order valence-electron chi connectivity index (χ0n) is 16.4. The fourth-order valence-corrected chi connectivity index (χ4v) is 4.60. The molecule has 3 aliphatic rings. The van der Waals surface area contributed by atoms with Crippen LogP contribution in [0.5, 0.6) is 0 Å². The number of nitrogens with one attached hydrogen (secondary N) is 2. The average Bonchev–Trinajstić information content (AvgIpc) is 3.08. The molecule has 3 fully saturated rings. The number of carbonyl (C=O) groups is 2. The Hall–Kier alpha value is -1.14. The van der Waals surface area contributed by atoms with Crippen LogP contribution in [0, 0.1) is 0 Å². The molecule has 2 N–H and O–H groups in total. The second kappa shape index (κ2) is 10.3. The van der Waals surface area contributed by atoms with E-state index in [-0.39, 0.29) is 0 Å². The van der Waals surface area contributed by atoms with Crippen molar-refractivity contribution in [1.82, 2.24) is 9.80 Å². The Kier molecular flexibility index (Phi) is 7.74. The summed E-state index contributed by atoms with van der Waals surface area (Å²) in [6.45, 7) is 9.17. The molecule has 0 saturated carbocycles. The maximum absolute atomic E-state index is 12.6. The molecular formula is C20H38N4O2+2. The molecule has 0 spiro atoms. The summed E-state index contributed by atoms with van der Waals surface area (Å²) < 4.78 is 0. The highest BCUT2D eigenvalue weighted by Gasteiger charge is 2.29. The number of rotatable bonds is 4. The SMILES string of the molecule is O=C(C[NH+]1CC[NH+](CC(=O)N2CCCCCC2)CC1)N1CCCCCC1. The number of amides is 2. The largest absolute Gasteiger partial charge is 0.338 e. The maximum atomic E-state index is 12.6. The van der Waals surface area contributed by atoms with Gasteiger partial charge in [0.1, 0.15) is 26.2 Å². The summed E-state index contributed by atoms with van der Waals surface area (Å²) in [5.41, 5.74) is 0. The van der Waals surface area contributed by atoms with E-state index < -0.39 is 0 Å². The fraction of sp³-hybridized carbons (Fsp3) is 0.900. The van der Waals surface area contributed by atoms with Gasteiger partial charge in [-0.15, -0.1) is 0 Å². The minimum atomic E-state index is 0.339. The van der Waals surface area contributed by atoms with Gasteiger partial charge in [-0.2, -0.15) is 0 Å². The quantitative estimate of drug-likeness (QED) is 0.641. The van der Waals surface area contributed by atoms with Gasteiger partial charge in [0, 0.05) is 26.2 Å². The van der Waals surface area contributed by atoms with Crippen LogP contribution in [0.2, 0.25) is 0 Å². The highest BCUT2D eigenvalue weighted by Crippen LogP contribution is 2.10. The molecule has 6 nitrogen and oxygen atoms in total. The summed E-state index contributed by atoms with van der Waals surface area (Å²) in [5.74, 6) is 0.678. The third-order valence-electron chi connectivity index (χ3n) is 6.38. The van der Waals surface area contributed by atoms with Gasteiger partial charge in [0.2, 0.25) is 0 Å². The lowest BCUT2D eigenvalue weighted by atomic mass is 10.2. The molecule has 3 rings (SSSR count). The van der Waals surface area contributed by atoms with Crippen LogP contribution in [0.3, 0.4) is 0 Å². The van der Waals surface area contributed by atoms with Gasteiger partial charge in [0.25, 0.3) is 11.8 Å². The van der Waals surface area contributed by atoms with Crippen molar-refractivity contribution in [1.29, 1.82) is 0 Å². The second-order valence-corrected chi connectivity index (χ2v) is 8.44. The predicted molar refractivity (Wildman–Crippen MR) is 101 cm³/mol. The molecule has 6 heteroatoms. The maximum Gasteiger partial charge on any atom is 0.277 e. The zero-order chi connectivity index (χ0) is 18.2. The Bertz CT molecular complexity index is 405. The lowest BCUT2D eigenvalue weighted by molar-refractivity contribution is -1.01. The molecule has 26 heavy (non-hydrogen) atoms. The summed E-state index contributed by atoms with van der Waals surface area (Å²) in [5, 5.41) is 0. The Labute approximate surface area is 158 Å². The summed E-state index contributed by atoms with van der Waals surface area (Å²) in [6.07, 6.45) is 9.73. The molecule has 0 unspecified atom stereocenters. The van der Waals surface area contributed by atoms with E-state index in [1.54, 1.807) is 0 Å². The van der Waals surface area contributed by atoms with E-state index >= 15 is 0 Å². The van der Waals surface area contributed by atoms with Crippen molar-refractivity contribution in [2.24, 2.45) is 0 Å². The molecule has 0 aromatic heterocycles. The number of nitrogens with zero attached hydrogens (tertiary/aromatic N) is 2. The molecule has 0 bridgehead atoms. The highest BCUT2D eigenvalue weighted by molar-refractivity contribution is 5.77. The first-order valence-corrected chi connectivity index (χ1v) is 10.9. The summed E-state index contributed by atoms with van der Waals surface area (Å²) in [4.78, 5) is 32.1. The average molecular weight is 367 g/mol. The van der Waals surface area contributed by atoms with E-state index in [0.29, 0.717) is 24.9 Å². The van der Waals surface area contributed by atoms with Gasteiger partial charge in [-0.1, -0.05) is 25.7 Å². The van der Waals surface area contributed by atoms with Crippen LogP contribution in [0.4, 0.5) is 0 Å². The van der Waals surface area contributed by atoms with E-state index in [4.69, 9.17) is 0 Å². The van der Waals surface area contributed by atoms with Crippen LogP contribution in [-0.2, 0) is 9.59 Å². The van der Waals surface area contributed by atoms with Gasteiger partial charge in [-0.3, -0.25) is 9.59 Å². The number of hydrogen-bond acceptors (Lipinski definition) is 2. The van der Waals surface area contributed by atoms with Crippen molar-refractivity contribution >= 4 is 11.8 Å². The molecule has 0 aromatic carbocycles. The third kappa shape index (κ3) is 5.95. The standard InChI is InChI=1S/C20H36N4O2/c25-19(23-9-5-1-2-6-10-23)17-21-13-15-22(16-14-21)18-20(26)24-11-7-3-4-8-12-24/h1-18H2/p+2. The lowest BCUT2D eigenvalue weighted by Crippen LogP contribution is -3.28. The van der Waals surface area contributed by atoms with E-state index in [2.05, 4.69) is 9.80 Å². The molecule has 0 radical (unpaired) electrons. The van der Waals surface area contributed by atoms with Crippen molar-refractivity contribution in [2.75, 3.05) is 65.4 Å². The Balaban J connectivity index is 1.36. The topological polar surface area (TPSA) is 49.5 Å². The molecular weight excluding hydrogens is 328 g/mol. The van der Waals surface area contributed by atoms with Gasteiger partial charge in [-0.05, 0) is 25.7 Å². The molecule has 3 saturated heterocycles. The van der Waals surface area contributed by atoms with Gasteiger partial charge in [0.05, 0.1) is 0 Å². The van der Waals surface area contributed by atoms with Crippen LogP contribution in [0.15, 0.2) is 0 Å². The second-order valence-electron chi connectivity index (χ2n) is 8.44. The van der Waals surface area contributed by atoms with Gasteiger partial charge >= 0.3 is 0 Å². The Morgan fingerprint density at radius 1 is 0.538 bits per heavy atom. The summed E-state index contributed by atoms with van der Waals surface area (Å²) in [6, 6.07) is 0. The number of piperazine rings is 1. The fourth-order valence-electron chi connectivity index (χ4n) is 4.60. The van der Waals surface area contributed by atoms with Gasteiger partial charge < -0.3 is 19.6 Å². The monoisotopic (exact) mass is 366 g/mol.